The normalized spacial score (nSPS) is 11.8. The molecule has 1 nitrogen and oxygen atoms in total. The Morgan fingerprint density at radius 1 is 1.56 bits per heavy atom. The quantitative estimate of drug-likeness (QED) is 0.530. The van der Waals surface area contributed by atoms with Gasteiger partial charge in [0.1, 0.15) is 5.42 Å². The van der Waals surface area contributed by atoms with Gasteiger partial charge in [-0.25, -0.2) is 0 Å². The smallest absolute Gasteiger partial charge is 0.126 e. The van der Waals surface area contributed by atoms with Gasteiger partial charge in [-0.15, -0.1) is 0 Å². The molecule has 1 heteroatoms. The lowest BCUT2D eigenvalue weighted by atomic mass is 10.4. The number of allylic oxidation sites excluding steroid dienone is 1. The summed E-state index contributed by atoms with van der Waals surface area (Å²) in [6, 6.07) is 1.85. The van der Waals surface area contributed by atoms with Gasteiger partial charge in [0, 0.05) is 5.22 Å². The lowest BCUT2D eigenvalue weighted by Gasteiger charge is -1.68. The minimum absolute atomic E-state index is 0.690. The summed E-state index contributed by atoms with van der Waals surface area (Å²) in [7, 11) is 0. The molecule has 0 aliphatic carbocycles. The molecule has 0 aliphatic rings. The van der Waals surface area contributed by atoms with Gasteiger partial charge in [0.15, 0.2) is 0 Å². The molecule has 0 spiro atoms. The second kappa shape index (κ2) is 2.35. The van der Waals surface area contributed by atoms with Gasteiger partial charge in [-0.3, -0.25) is 0 Å². The molecule has 0 unspecified atom stereocenters. The summed E-state index contributed by atoms with van der Waals surface area (Å²) >= 11 is 0. The van der Waals surface area contributed by atoms with E-state index < -0.39 is 0 Å². The Labute approximate surface area is 53.6 Å². The van der Waals surface area contributed by atoms with E-state index in [1.165, 1.54) is 0 Å². The molecule has 0 aliphatic heterocycles. The van der Waals surface area contributed by atoms with Crippen molar-refractivity contribution in [2.45, 2.75) is 0 Å². The predicted molar refractivity (Wildman–Crippen MR) is 38.1 cm³/mol. The summed E-state index contributed by atoms with van der Waals surface area (Å²) in [5.74, 6) is 0. The number of hydrogen-bond donors (Lipinski definition) is 0. The predicted octanol–water partition coefficient (Wildman–Crippen LogP) is 0.656. The number of rotatable bonds is 1. The van der Waals surface area contributed by atoms with Crippen LogP contribution in [0, 0.1) is 0 Å². The summed E-state index contributed by atoms with van der Waals surface area (Å²) in [5.41, 5.74) is 0.690. The third-order valence-corrected chi connectivity index (χ3v) is 1.08. The van der Waals surface area contributed by atoms with Gasteiger partial charge in [-0.05, 0) is 6.07 Å². The maximum atomic E-state index is 4.93. The Morgan fingerprint density at radius 3 is 2.78 bits per heavy atom. The third kappa shape index (κ3) is 1.11. The first-order valence-electron chi connectivity index (χ1n) is 2.70. The molecule has 9 heavy (non-hydrogen) atoms. The van der Waals surface area contributed by atoms with Crippen molar-refractivity contribution in [3.05, 3.63) is 35.6 Å². The zero-order valence-electron chi connectivity index (χ0n) is 5.13. The maximum Gasteiger partial charge on any atom is 0.126 e. The highest BCUT2D eigenvalue weighted by Gasteiger charge is 1.79. The maximum absolute atomic E-state index is 4.93. The van der Waals surface area contributed by atoms with Crippen molar-refractivity contribution >= 4 is 12.7 Å². The molecule has 1 rings (SSSR count). The zero-order valence-corrected chi connectivity index (χ0v) is 5.13. The average molecular weight is 120 g/mol. The monoisotopic (exact) mass is 120 g/mol. The fraction of sp³-hybridized carbons (Fsp3) is 0. The Bertz CT molecular complexity index is 293. The van der Waals surface area contributed by atoms with E-state index in [4.69, 9.17) is 4.42 Å². The van der Waals surface area contributed by atoms with Crippen LogP contribution in [0.3, 0.4) is 0 Å². The van der Waals surface area contributed by atoms with Gasteiger partial charge >= 0.3 is 0 Å². The molecule has 0 amide bonds. The molecule has 0 aromatic carbocycles. The highest BCUT2D eigenvalue weighted by Crippen LogP contribution is 1.68. The topological polar surface area (TPSA) is 13.1 Å². The van der Waals surface area contributed by atoms with Crippen LogP contribution in [-0.2, 0) is 0 Å². The van der Waals surface area contributed by atoms with Gasteiger partial charge in [-0.1, -0.05) is 25.3 Å². The van der Waals surface area contributed by atoms with Crippen molar-refractivity contribution in [1.82, 2.24) is 0 Å². The molecule has 0 atom stereocenters. The first-order chi connectivity index (χ1) is 4.34. The average Bonchev–Trinajstić information content (AvgIpc) is 2.18. The largest absolute Gasteiger partial charge is 0.465 e. The van der Waals surface area contributed by atoms with Crippen molar-refractivity contribution in [3.8, 4) is 0 Å². The molecule has 0 saturated carbocycles. The van der Waals surface area contributed by atoms with E-state index in [9.17, 15) is 0 Å². The third-order valence-electron chi connectivity index (χ3n) is 1.08. The van der Waals surface area contributed by atoms with Crippen LogP contribution in [0.1, 0.15) is 0 Å². The highest BCUT2D eigenvalue weighted by molar-refractivity contribution is 5.34. The number of furan rings is 1. The van der Waals surface area contributed by atoms with Gasteiger partial charge in [-0.2, -0.15) is 0 Å². The zero-order chi connectivity index (χ0) is 6.69. The van der Waals surface area contributed by atoms with Crippen LogP contribution < -0.4 is 10.6 Å². The van der Waals surface area contributed by atoms with E-state index in [1.54, 1.807) is 12.3 Å². The van der Waals surface area contributed by atoms with E-state index in [1.807, 2.05) is 12.1 Å². The van der Waals surface area contributed by atoms with Crippen molar-refractivity contribution in [3.63, 3.8) is 0 Å². The molecule has 1 aromatic heterocycles. The van der Waals surface area contributed by atoms with E-state index in [0.717, 1.165) is 5.22 Å². The fourth-order valence-electron chi connectivity index (χ4n) is 0.626. The van der Waals surface area contributed by atoms with E-state index >= 15 is 0 Å². The lowest BCUT2D eigenvalue weighted by molar-refractivity contribution is 0.533. The van der Waals surface area contributed by atoms with Crippen LogP contribution in [0.5, 0.6) is 0 Å². The van der Waals surface area contributed by atoms with Crippen LogP contribution in [0.25, 0.3) is 12.7 Å². The second-order valence-corrected chi connectivity index (χ2v) is 1.70. The molecule has 1 aromatic rings. The molecule has 1 heterocycles. The van der Waals surface area contributed by atoms with E-state index in [0.29, 0.717) is 5.42 Å². The van der Waals surface area contributed by atoms with Crippen LogP contribution in [-0.4, -0.2) is 0 Å². The Kier molecular flexibility index (Phi) is 1.54. The van der Waals surface area contributed by atoms with Crippen LogP contribution in [0.4, 0.5) is 0 Å². The molecule has 0 bridgehead atoms. The summed E-state index contributed by atoms with van der Waals surface area (Å²) in [6.07, 6.45) is 5.17. The summed E-state index contributed by atoms with van der Waals surface area (Å²) < 4.78 is 4.93. The standard InChI is InChI=1S/C8H8O/c1-3-4-8-5-6-9-7(8)2/h3-6H,1-2H2/b8-4-. The number of hydrogen-bond acceptors (Lipinski definition) is 1. The van der Waals surface area contributed by atoms with Crippen LogP contribution >= 0.6 is 0 Å². The SMILES string of the molecule is C=C/C=c1/ccoc1=C. The van der Waals surface area contributed by atoms with Crippen LogP contribution in [0.15, 0.2) is 29.4 Å². The molecule has 46 valence electrons. The fourth-order valence-corrected chi connectivity index (χ4v) is 0.626. The Morgan fingerprint density at radius 2 is 2.33 bits per heavy atom. The first-order valence-corrected chi connectivity index (χ1v) is 2.70. The van der Waals surface area contributed by atoms with Gasteiger partial charge < -0.3 is 4.42 Å². The summed E-state index contributed by atoms with van der Waals surface area (Å²) in [4.78, 5) is 0. The van der Waals surface area contributed by atoms with Gasteiger partial charge in [0.25, 0.3) is 0 Å². The van der Waals surface area contributed by atoms with E-state index in [-0.39, 0.29) is 0 Å². The van der Waals surface area contributed by atoms with Gasteiger partial charge in [0.2, 0.25) is 0 Å². The van der Waals surface area contributed by atoms with Crippen molar-refractivity contribution in [1.29, 1.82) is 0 Å². The second-order valence-electron chi connectivity index (χ2n) is 1.70. The molecule has 0 saturated heterocycles. The molecular formula is C8H8O. The van der Waals surface area contributed by atoms with Gasteiger partial charge in [0.05, 0.1) is 6.26 Å². The molecule has 0 N–H and O–H groups in total. The van der Waals surface area contributed by atoms with Crippen molar-refractivity contribution < 1.29 is 4.42 Å². The molecule has 0 fully saturated rings. The van der Waals surface area contributed by atoms with Crippen LogP contribution in [0.2, 0.25) is 0 Å². The minimum Gasteiger partial charge on any atom is -0.465 e. The Hall–Kier alpha value is -1.24. The first kappa shape index (κ1) is 5.89. The van der Waals surface area contributed by atoms with Crippen molar-refractivity contribution in [2.75, 3.05) is 0 Å². The minimum atomic E-state index is 0.690. The molecule has 0 radical (unpaired) electrons. The summed E-state index contributed by atoms with van der Waals surface area (Å²) in [5, 5.41) is 0.991. The Balaban J connectivity index is 3.39. The van der Waals surface area contributed by atoms with E-state index in [2.05, 4.69) is 13.2 Å². The summed E-state index contributed by atoms with van der Waals surface area (Å²) in [6.45, 7) is 7.21. The lowest BCUT2D eigenvalue weighted by Crippen LogP contribution is -2.15. The van der Waals surface area contributed by atoms with Crippen molar-refractivity contribution in [2.24, 2.45) is 0 Å². The highest BCUT2D eigenvalue weighted by atomic mass is 16.3. The molecular weight excluding hydrogens is 112 g/mol.